The third-order valence-electron chi connectivity index (χ3n) is 3.40. The van der Waals surface area contributed by atoms with Gasteiger partial charge in [0.2, 0.25) is 0 Å². The van der Waals surface area contributed by atoms with E-state index < -0.39 is 12.1 Å². The molecule has 1 aromatic heterocycles. The first-order chi connectivity index (χ1) is 12.6. The fraction of sp³-hybridized carbons (Fsp3) is 0.333. The Bertz CT molecular complexity index is 743. The molecule has 1 heterocycles. The van der Waals surface area contributed by atoms with E-state index in [0.29, 0.717) is 25.4 Å². The summed E-state index contributed by atoms with van der Waals surface area (Å²) in [6, 6.07) is 9.84. The van der Waals surface area contributed by atoms with Gasteiger partial charge >= 0.3 is 5.97 Å². The molecule has 0 aliphatic rings. The monoisotopic (exact) mass is 358 g/mol. The van der Waals surface area contributed by atoms with E-state index in [0.717, 1.165) is 5.56 Å². The number of amides is 1. The summed E-state index contributed by atoms with van der Waals surface area (Å²) in [5.41, 5.74) is 1.62. The summed E-state index contributed by atoms with van der Waals surface area (Å²) in [5, 5.41) is 10.6. The Kier molecular flexibility index (Phi) is 7.50. The van der Waals surface area contributed by atoms with Crippen molar-refractivity contribution in [3.05, 3.63) is 53.9 Å². The lowest BCUT2D eigenvalue weighted by molar-refractivity contribution is -0.150. The van der Waals surface area contributed by atoms with E-state index >= 15 is 0 Å². The Balaban J connectivity index is 1.81. The average Bonchev–Trinajstić information content (AvgIpc) is 3.08. The van der Waals surface area contributed by atoms with E-state index in [1.165, 1.54) is 26.2 Å². The molecule has 0 aliphatic heterocycles. The van der Waals surface area contributed by atoms with Crippen LogP contribution in [0.5, 0.6) is 0 Å². The number of nitrogens with one attached hydrogen (secondary N) is 1. The van der Waals surface area contributed by atoms with Crippen molar-refractivity contribution in [2.24, 2.45) is 0 Å². The minimum Gasteiger partial charge on any atom is -0.449 e. The lowest BCUT2D eigenvalue weighted by Crippen LogP contribution is -2.37. The number of rotatable bonds is 9. The second kappa shape index (κ2) is 10.1. The van der Waals surface area contributed by atoms with Gasteiger partial charge in [-0.1, -0.05) is 35.5 Å². The zero-order valence-electron chi connectivity index (χ0n) is 14.8. The third-order valence-corrected chi connectivity index (χ3v) is 3.40. The van der Waals surface area contributed by atoms with E-state index in [4.69, 9.17) is 9.47 Å². The van der Waals surface area contributed by atoms with E-state index in [9.17, 15) is 9.59 Å². The summed E-state index contributed by atoms with van der Waals surface area (Å²) >= 11 is 0. The predicted octanol–water partition coefficient (Wildman–Crippen LogP) is 1.03. The standard InChI is InChI=1S/C18H22N4O4/c1-14(18(24)19-10-11-25-2)26-17(23)9-8-16-13-22(21-20-16)12-15-6-4-3-5-7-15/h3-9,13-14H,10-12H2,1-2H3,(H,19,24)/b9-8+/t14-/m0/s1. The molecule has 0 bridgehead atoms. The van der Waals surface area contributed by atoms with Gasteiger partial charge in [-0.05, 0) is 18.6 Å². The second-order valence-electron chi connectivity index (χ2n) is 5.52. The Morgan fingerprint density at radius 3 is 2.81 bits per heavy atom. The van der Waals surface area contributed by atoms with Crippen LogP contribution in [-0.2, 0) is 25.6 Å². The van der Waals surface area contributed by atoms with Crippen molar-refractivity contribution in [2.75, 3.05) is 20.3 Å². The molecule has 0 fully saturated rings. The van der Waals surface area contributed by atoms with Crippen molar-refractivity contribution in [2.45, 2.75) is 19.6 Å². The van der Waals surface area contributed by atoms with E-state index in [1.54, 1.807) is 10.9 Å². The second-order valence-corrected chi connectivity index (χ2v) is 5.52. The van der Waals surface area contributed by atoms with Crippen molar-refractivity contribution in [1.29, 1.82) is 0 Å². The van der Waals surface area contributed by atoms with Crippen LogP contribution in [0.3, 0.4) is 0 Å². The number of methoxy groups -OCH3 is 1. The molecule has 8 nitrogen and oxygen atoms in total. The first kappa shape index (κ1) is 19.3. The minimum absolute atomic E-state index is 0.359. The van der Waals surface area contributed by atoms with Crippen molar-refractivity contribution < 1.29 is 19.1 Å². The number of benzene rings is 1. The maximum absolute atomic E-state index is 11.8. The molecule has 2 aromatic rings. The number of carbonyl (C=O) groups excluding carboxylic acids is 2. The van der Waals surface area contributed by atoms with Crippen molar-refractivity contribution in [3.63, 3.8) is 0 Å². The number of ether oxygens (including phenoxy) is 2. The predicted molar refractivity (Wildman–Crippen MR) is 95.0 cm³/mol. The zero-order chi connectivity index (χ0) is 18.8. The highest BCUT2D eigenvalue weighted by molar-refractivity contribution is 5.90. The molecule has 138 valence electrons. The number of nitrogens with zero attached hydrogens (tertiary/aromatic N) is 3. The summed E-state index contributed by atoms with van der Waals surface area (Å²) in [6.45, 7) is 2.84. The maximum Gasteiger partial charge on any atom is 0.331 e. The Morgan fingerprint density at radius 1 is 1.31 bits per heavy atom. The van der Waals surface area contributed by atoms with Crippen LogP contribution in [0.1, 0.15) is 18.2 Å². The topological polar surface area (TPSA) is 95.3 Å². The summed E-state index contributed by atoms with van der Waals surface area (Å²) in [4.78, 5) is 23.5. The van der Waals surface area contributed by atoms with Crippen LogP contribution in [-0.4, -0.2) is 53.2 Å². The molecule has 1 atom stereocenters. The van der Waals surface area contributed by atoms with Crippen LogP contribution >= 0.6 is 0 Å². The molecule has 1 aromatic carbocycles. The Hall–Kier alpha value is -3.00. The number of hydrogen-bond acceptors (Lipinski definition) is 6. The molecule has 0 unspecified atom stereocenters. The number of hydrogen-bond donors (Lipinski definition) is 1. The van der Waals surface area contributed by atoms with Crippen molar-refractivity contribution >= 4 is 18.0 Å². The molecular formula is C18H22N4O4. The van der Waals surface area contributed by atoms with E-state index in [-0.39, 0.29) is 5.91 Å². The number of aromatic nitrogens is 3. The molecule has 0 spiro atoms. The fourth-order valence-corrected chi connectivity index (χ4v) is 2.08. The van der Waals surface area contributed by atoms with Crippen LogP contribution in [0.2, 0.25) is 0 Å². The molecule has 2 rings (SSSR count). The molecule has 0 saturated carbocycles. The van der Waals surface area contributed by atoms with Gasteiger partial charge in [-0.25, -0.2) is 9.48 Å². The van der Waals surface area contributed by atoms with Gasteiger partial charge in [-0.2, -0.15) is 0 Å². The highest BCUT2D eigenvalue weighted by atomic mass is 16.5. The molecule has 0 aliphatic carbocycles. The average molecular weight is 358 g/mol. The largest absolute Gasteiger partial charge is 0.449 e. The molecular weight excluding hydrogens is 336 g/mol. The lowest BCUT2D eigenvalue weighted by Gasteiger charge is -2.11. The van der Waals surface area contributed by atoms with Gasteiger partial charge in [0.25, 0.3) is 5.91 Å². The van der Waals surface area contributed by atoms with Gasteiger partial charge in [0, 0.05) is 19.7 Å². The lowest BCUT2D eigenvalue weighted by atomic mass is 10.2. The molecule has 8 heteroatoms. The summed E-state index contributed by atoms with van der Waals surface area (Å²) in [5.74, 6) is -1.00. The minimum atomic E-state index is -0.891. The quantitative estimate of drug-likeness (QED) is 0.409. The Morgan fingerprint density at radius 2 is 2.08 bits per heavy atom. The molecule has 0 radical (unpaired) electrons. The van der Waals surface area contributed by atoms with Gasteiger partial charge < -0.3 is 14.8 Å². The van der Waals surface area contributed by atoms with Crippen LogP contribution < -0.4 is 5.32 Å². The first-order valence-electron chi connectivity index (χ1n) is 8.18. The molecule has 1 N–H and O–H groups in total. The SMILES string of the molecule is COCCNC(=O)[C@H](C)OC(=O)/C=C/c1cn(Cc2ccccc2)nn1. The van der Waals surface area contributed by atoms with Crippen molar-refractivity contribution in [3.8, 4) is 0 Å². The Labute approximate surface area is 151 Å². The van der Waals surface area contributed by atoms with Crippen LogP contribution in [0, 0.1) is 0 Å². The van der Waals surface area contributed by atoms with Crippen LogP contribution in [0.15, 0.2) is 42.6 Å². The highest BCUT2D eigenvalue weighted by Gasteiger charge is 2.15. The zero-order valence-corrected chi connectivity index (χ0v) is 14.8. The normalized spacial score (nSPS) is 12.1. The van der Waals surface area contributed by atoms with Gasteiger partial charge in [-0.3, -0.25) is 4.79 Å². The number of esters is 1. The molecule has 26 heavy (non-hydrogen) atoms. The van der Waals surface area contributed by atoms with E-state index in [1.807, 2.05) is 30.3 Å². The highest BCUT2D eigenvalue weighted by Crippen LogP contribution is 2.03. The smallest absolute Gasteiger partial charge is 0.331 e. The van der Waals surface area contributed by atoms with Crippen molar-refractivity contribution in [1.82, 2.24) is 20.3 Å². The van der Waals surface area contributed by atoms with Crippen LogP contribution in [0.25, 0.3) is 6.08 Å². The molecule has 1 amide bonds. The summed E-state index contributed by atoms with van der Waals surface area (Å²) < 4.78 is 11.5. The van der Waals surface area contributed by atoms with E-state index in [2.05, 4.69) is 15.6 Å². The van der Waals surface area contributed by atoms with Gasteiger partial charge in [-0.15, -0.1) is 5.10 Å². The van der Waals surface area contributed by atoms with Gasteiger partial charge in [0.15, 0.2) is 6.10 Å². The summed E-state index contributed by atoms with van der Waals surface area (Å²) in [7, 11) is 1.54. The summed E-state index contributed by atoms with van der Waals surface area (Å²) in [6.07, 6.45) is 3.54. The third kappa shape index (κ3) is 6.48. The van der Waals surface area contributed by atoms with Gasteiger partial charge in [0.1, 0.15) is 5.69 Å². The van der Waals surface area contributed by atoms with Gasteiger partial charge in [0.05, 0.1) is 19.3 Å². The van der Waals surface area contributed by atoms with Crippen LogP contribution in [0.4, 0.5) is 0 Å². The fourth-order valence-electron chi connectivity index (χ4n) is 2.08. The first-order valence-corrected chi connectivity index (χ1v) is 8.18. The number of carbonyl (C=O) groups is 2. The maximum atomic E-state index is 11.8. The molecule has 0 saturated heterocycles.